The summed E-state index contributed by atoms with van der Waals surface area (Å²) in [6.45, 7) is 6.23. The SMILES string of the molecule is COC(=O)C(N)c1ccccc1O[Si](C)(C)C. The molecule has 0 fully saturated rings. The molecular weight excluding hydrogens is 234 g/mol. The Labute approximate surface area is 103 Å². The van der Waals surface area contributed by atoms with E-state index in [4.69, 9.17) is 10.2 Å². The molecule has 0 aliphatic heterocycles. The summed E-state index contributed by atoms with van der Waals surface area (Å²) in [7, 11) is -0.404. The number of hydrogen-bond donors (Lipinski definition) is 1. The molecule has 1 aromatic rings. The fourth-order valence-electron chi connectivity index (χ4n) is 1.41. The predicted octanol–water partition coefficient (Wildman–Crippen LogP) is 2.07. The minimum atomic E-state index is -1.73. The lowest BCUT2D eigenvalue weighted by atomic mass is 10.1. The summed E-state index contributed by atoms with van der Waals surface area (Å²) in [5.74, 6) is 0.209. The molecule has 4 nitrogen and oxygen atoms in total. The van der Waals surface area contributed by atoms with Crippen molar-refractivity contribution in [3.8, 4) is 5.75 Å². The average Bonchev–Trinajstić information content (AvgIpc) is 2.25. The van der Waals surface area contributed by atoms with E-state index in [0.717, 1.165) is 0 Å². The molecule has 17 heavy (non-hydrogen) atoms. The highest BCUT2D eigenvalue weighted by atomic mass is 28.4. The first-order chi connectivity index (χ1) is 7.85. The van der Waals surface area contributed by atoms with Gasteiger partial charge in [-0.25, -0.2) is 0 Å². The van der Waals surface area contributed by atoms with Crippen molar-refractivity contribution in [3.05, 3.63) is 29.8 Å². The Hall–Kier alpha value is -1.33. The molecule has 5 heteroatoms. The van der Waals surface area contributed by atoms with Gasteiger partial charge in [0.2, 0.25) is 8.32 Å². The van der Waals surface area contributed by atoms with Crippen LogP contribution in [-0.2, 0) is 9.53 Å². The minimum absolute atomic E-state index is 0.461. The van der Waals surface area contributed by atoms with Gasteiger partial charge >= 0.3 is 5.97 Å². The third-order valence-corrected chi connectivity index (χ3v) is 2.96. The van der Waals surface area contributed by atoms with Crippen molar-refractivity contribution in [1.82, 2.24) is 0 Å². The molecule has 0 saturated heterocycles. The standard InChI is InChI=1S/C12H19NO3Si/c1-15-12(14)11(13)9-7-5-6-8-10(9)16-17(2,3)4/h5-8,11H,13H2,1-4H3. The lowest BCUT2D eigenvalue weighted by Gasteiger charge is -2.23. The summed E-state index contributed by atoms with van der Waals surface area (Å²) < 4.78 is 10.5. The van der Waals surface area contributed by atoms with Gasteiger partial charge in [0.05, 0.1) is 7.11 Å². The van der Waals surface area contributed by atoms with Gasteiger partial charge in [0.1, 0.15) is 11.8 Å². The van der Waals surface area contributed by atoms with Crippen LogP contribution in [0.1, 0.15) is 11.6 Å². The zero-order valence-electron chi connectivity index (χ0n) is 10.7. The van der Waals surface area contributed by atoms with Gasteiger partial charge in [0.25, 0.3) is 0 Å². The molecule has 0 radical (unpaired) electrons. The molecule has 0 amide bonds. The number of ether oxygens (including phenoxy) is 1. The van der Waals surface area contributed by atoms with E-state index in [0.29, 0.717) is 11.3 Å². The van der Waals surface area contributed by atoms with E-state index in [1.165, 1.54) is 7.11 Å². The molecule has 94 valence electrons. The van der Waals surface area contributed by atoms with Crippen LogP contribution in [0.5, 0.6) is 5.75 Å². The van der Waals surface area contributed by atoms with Crippen molar-refractivity contribution in [2.24, 2.45) is 5.73 Å². The summed E-state index contributed by atoms with van der Waals surface area (Å²) in [6.07, 6.45) is 0. The lowest BCUT2D eigenvalue weighted by molar-refractivity contribution is -0.142. The molecule has 0 saturated carbocycles. The molecule has 1 rings (SSSR count). The van der Waals surface area contributed by atoms with E-state index in [2.05, 4.69) is 24.4 Å². The van der Waals surface area contributed by atoms with Crippen molar-refractivity contribution >= 4 is 14.3 Å². The van der Waals surface area contributed by atoms with Crippen LogP contribution in [0.3, 0.4) is 0 Å². The zero-order valence-corrected chi connectivity index (χ0v) is 11.7. The highest BCUT2D eigenvalue weighted by Gasteiger charge is 2.23. The molecule has 1 aromatic carbocycles. The normalized spacial score (nSPS) is 13.0. The smallest absolute Gasteiger partial charge is 0.327 e. The first-order valence-corrected chi connectivity index (χ1v) is 8.87. The number of hydrogen-bond acceptors (Lipinski definition) is 4. The van der Waals surface area contributed by atoms with Crippen LogP contribution in [-0.4, -0.2) is 21.4 Å². The van der Waals surface area contributed by atoms with Crippen molar-refractivity contribution in [2.75, 3.05) is 7.11 Å². The molecule has 2 N–H and O–H groups in total. The van der Waals surface area contributed by atoms with Crippen LogP contribution in [0.2, 0.25) is 19.6 Å². The lowest BCUT2D eigenvalue weighted by Crippen LogP contribution is -2.31. The van der Waals surface area contributed by atoms with E-state index >= 15 is 0 Å². The highest BCUT2D eigenvalue weighted by Crippen LogP contribution is 2.26. The van der Waals surface area contributed by atoms with Gasteiger partial charge in [-0.3, -0.25) is 4.79 Å². The topological polar surface area (TPSA) is 61.5 Å². The fourth-order valence-corrected chi connectivity index (χ4v) is 2.26. The maximum absolute atomic E-state index is 11.4. The monoisotopic (exact) mass is 253 g/mol. The van der Waals surface area contributed by atoms with Gasteiger partial charge in [0.15, 0.2) is 0 Å². The van der Waals surface area contributed by atoms with Crippen molar-refractivity contribution in [2.45, 2.75) is 25.7 Å². The largest absolute Gasteiger partial charge is 0.544 e. The molecule has 0 aliphatic carbocycles. The third-order valence-electron chi connectivity index (χ3n) is 2.13. The van der Waals surface area contributed by atoms with Gasteiger partial charge < -0.3 is 14.9 Å². The van der Waals surface area contributed by atoms with Gasteiger partial charge in [-0.1, -0.05) is 18.2 Å². The Kier molecular flexibility index (Phi) is 4.31. The number of benzene rings is 1. The second-order valence-electron chi connectivity index (χ2n) is 4.75. The molecule has 0 aliphatic rings. The average molecular weight is 253 g/mol. The fraction of sp³-hybridized carbons (Fsp3) is 0.417. The van der Waals surface area contributed by atoms with E-state index in [1.54, 1.807) is 6.07 Å². The number of rotatable bonds is 4. The van der Waals surface area contributed by atoms with E-state index in [1.807, 2.05) is 18.2 Å². The molecular formula is C12H19NO3Si. The van der Waals surface area contributed by atoms with Crippen LogP contribution < -0.4 is 10.2 Å². The molecule has 0 bridgehead atoms. The van der Waals surface area contributed by atoms with Gasteiger partial charge in [-0.2, -0.15) is 0 Å². The van der Waals surface area contributed by atoms with Crippen LogP contribution >= 0.6 is 0 Å². The number of carbonyl (C=O) groups excluding carboxylic acids is 1. The molecule has 0 aromatic heterocycles. The summed E-state index contributed by atoms with van der Waals surface area (Å²) in [6, 6.07) is 6.51. The minimum Gasteiger partial charge on any atom is -0.544 e. The molecule has 1 atom stereocenters. The zero-order chi connectivity index (χ0) is 13.1. The number of esters is 1. The molecule has 0 spiro atoms. The van der Waals surface area contributed by atoms with Gasteiger partial charge in [-0.15, -0.1) is 0 Å². The van der Waals surface area contributed by atoms with Gasteiger partial charge in [0, 0.05) is 5.56 Å². The maximum atomic E-state index is 11.4. The number of nitrogens with two attached hydrogens (primary N) is 1. The van der Waals surface area contributed by atoms with Crippen molar-refractivity contribution < 1.29 is 14.0 Å². The number of para-hydroxylation sites is 1. The number of methoxy groups -OCH3 is 1. The Morgan fingerprint density at radius 1 is 1.29 bits per heavy atom. The van der Waals surface area contributed by atoms with Crippen LogP contribution in [0.4, 0.5) is 0 Å². The maximum Gasteiger partial charge on any atom is 0.327 e. The van der Waals surface area contributed by atoms with Crippen LogP contribution in [0.25, 0.3) is 0 Å². The second kappa shape index (κ2) is 5.33. The molecule has 0 heterocycles. The van der Waals surface area contributed by atoms with E-state index < -0.39 is 20.3 Å². The van der Waals surface area contributed by atoms with Crippen LogP contribution in [0.15, 0.2) is 24.3 Å². The van der Waals surface area contributed by atoms with Crippen LogP contribution in [0, 0.1) is 0 Å². The van der Waals surface area contributed by atoms with Crippen molar-refractivity contribution in [1.29, 1.82) is 0 Å². The van der Waals surface area contributed by atoms with Crippen molar-refractivity contribution in [3.63, 3.8) is 0 Å². The highest BCUT2D eigenvalue weighted by molar-refractivity contribution is 6.70. The summed E-state index contributed by atoms with van der Waals surface area (Å²) in [5, 5.41) is 0. The van der Waals surface area contributed by atoms with Gasteiger partial charge in [-0.05, 0) is 25.7 Å². The Morgan fingerprint density at radius 3 is 2.41 bits per heavy atom. The Morgan fingerprint density at radius 2 is 1.88 bits per heavy atom. The first kappa shape index (κ1) is 13.7. The summed E-state index contributed by atoms with van der Waals surface area (Å²) in [4.78, 5) is 11.4. The predicted molar refractivity (Wildman–Crippen MR) is 69.4 cm³/mol. The Bertz CT molecular complexity index is 401. The second-order valence-corrected chi connectivity index (χ2v) is 9.18. The summed E-state index contributed by atoms with van der Waals surface area (Å²) >= 11 is 0. The summed E-state index contributed by atoms with van der Waals surface area (Å²) in [5.41, 5.74) is 6.50. The Balaban J connectivity index is 3.03. The third kappa shape index (κ3) is 3.87. The quantitative estimate of drug-likeness (QED) is 0.659. The molecule has 1 unspecified atom stereocenters. The first-order valence-electron chi connectivity index (χ1n) is 5.46. The van der Waals surface area contributed by atoms with E-state index in [-0.39, 0.29) is 0 Å². The number of carbonyl (C=O) groups is 1. The van der Waals surface area contributed by atoms with E-state index in [9.17, 15) is 4.79 Å².